The summed E-state index contributed by atoms with van der Waals surface area (Å²) in [7, 11) is -3.66. The molecule has 0 aliphatic rings. The molecule has 0 aliphatic heterocycles. The SMILES string of the molecule is NS(=O)(=O)CCc1cccc(Nc2nccc(-c3scnc3-c3cccc(N(OC(=O)C(F)(F)F)C(=O)c4cc(F)ccc4F)c3)n2)c1. The van der Waals surface area contributed by atoms with Gasteiger partial charge in [0, 0.05) is 17.4 Å². The quantitative estimate of drug-likeness (QED) is 0.143. The predicted octanol–water partition coefficient (Wildman–Crippen LogP) is 5.79. The summed E-state index contributed by atoms with van der Waals surface area (Å²) in [6, 6.07) is 15.3. The average Bonchev–Trinajstić information content (AvgIpc) is 3.53. The molecular weight excluding hydrogens is 683 g/mol. The Kier molecular flexibility index (Phi) is 9.78. The van der Waals surface area contributed by atoms with Gasteiger partial charge in [0.25, 0.3) is 5.91 Å². The highest BCUT2D eigenvalue weighted by Crippen LogP contribution is 2.36. The summed E-state index contributed by atoms with van der Waals surface area (Å²) in [5, 5.41) is 8.05. The van der Waals surface area contributed by atoms with Crippen molar-refractivity contribution in [2.75, 3.05) is 16.1 Å². The van der Waals surface area contributed by atoms with Gasteiger partial charge in [-0.1, -0.05) is 24.3 Å². The van der Waals surface area contributed by atoms with Gasteiger partial charge in [-0.3, -0.25) is 4.79 Å². The Labute approximate surface area is 272 Å². The lowest BCUT2D eigenvalue weighted by Crippen LogP contribution is -2.39. The number of halogens is 5. The highest BCUT2D eigenvalue weighted by atomic mass is 32.2. The maximum Gasteiger partial charge on any atom is 0.493 e. The van der Waals surface area contributed by atoms with Gasteiger partial charge in [-0.2, -0.15) is 13.2 Å². The molecule has 2 aromatic heterocycles. The molecule has 5 rings (SSSR count). The Bertz CT molecular complexity index is 2110. The second-order valence-electron chi connectivity index (χ2n) is 9.89. The first-order valence-corrected chi connectivity index (χ1v) is 16.1. The van der Waals surface area contributed by atoms with Crippen LogP contribution in [0.4, 0.5) is 39.3 Å². The van der Waals surface area contributed by atoms with Crippen LogP contribution in [0.15, 0.2) is 84.5 Å². The zero-order valence-electron chi connectivity index (χ0n) is 24.1. The number of thiazole rings is 1. The van der Waals surface area contributed by atoms with Crippen LogP contribution in [0.1, 0.15) is 15.9 Å². The topological polar surface area (TPSA) is 157 Å². The highest BCUT2D eigenvalue weighted by molar-refractivity contribution is 7.89. The van der Waals surface area contributed by atoms with Crippen molar-refractivity contribution < 1.29 is 44.8 Å². The monoisotopic (exact) mass is 704 g/mol. The van der Waals surface area contributed by atoms with Crippen molar-refractivity contribution in [3.8, 4) is 21.8 Å². The average molecular weight is 705 g/mol. The molecule has 0 radical (unpaired) electrons. The van der Waals surface area contributed by atoms with Crippen molar-refractivity contribution in [2.24, 2.45) is 5.14 Å². The van der Waals surface area contributed by atoms with E-state index in [1.807, 2.05) is 0 Å². The molecule has 0 aliphatic carbocycles. The summed E-state index contributed by atoms with van der Waals surface area (Å²) in [4.78, 5) is 42.8. The lowest BCUT2D eigenvalue weighted by molar-refractivity contribution is -0.200. The van der Waals surface area contributed by atoms with Crippen LogP contribution in [0.25, 0.3) is 21.8 Å². The number of benzene rings is 3. The summed E-state index contributed by atoms with van der Waals surface area (Å²) < 4.78 is 90.4. The lowest BCUT2D eigenvalue weighted by Gasteiger charge is -2.22. The molecular formula is C30H21F5N6O5S2. The standard InChI is InChI=1S/C30H21F5N6O5S2/c31-19-7-8-23(32)22(15-19)27(42)41(46-28(43)30(33,34)35)21-6-2-4-18(14-21)25-26(47-16-38-25)24-9-11-37-29(40-24)39-20-5-1-3-17(13-20)10-12-48(36,44)45/h1-9,11,13-16H,10,12H2,(H2,36,44,45)(H,37,39,40). The molecule has 3 N–H and O–H groups in total. The number of alkyl halides is 3. The second-order valence-corrected chi connectivity index (χ2v) is 12.5. The number of nitrogens with two attached hydrogens (primary N) is 1. The van der Waals surface area contributed by atoms with Gasteiger partial charge in [-0.05, 0) is 60.5 Å². The number of sulfonamides is 1. The van der Waals surface area contributed by atoms with E-state index in [1.165, 1.54) is 29.9 Å². The first-order valence-electron chi connectivity index (χ1n) is 13.5. The molecule has 0 spiro atoms. The number of nitrogens with zero attached hydrogens (tertiary/aromatic N) is 4. The van der Waals surface area contributed by atoms with Gasteiger partial charge in [0.15, 0.2) is 0 Å². The molecule has 248 valence electrons. The molecule has 18 heteroatoms. The largest absolute Gasteiger partial charge is 0.493 e. The van der Waals surface area contributed by atoms with Crippen LogP contribution in [0.3, 0.4) is 0 Å². The van der Waals surface area contributed by atoms with Crippen molar-refractivity contribution in [1.29, 1.82) is 0 Å². The van der Waals surface area contributed by atoms with E-state index in [0.29, 0.717) is 40.0 Å². The number of anilines is 3. The summed E-state index contributed by atoms with van der Waals surface area (Å²) in [5.74, 6) is -6.76. The highest BCUT2D eigenvalue weighted by Gasteiger charge is 2.44. The van der Waals surface area contributed by atoms with E-state index in [4.69, 9.17) is 5.14 Å². The predicted molar refractivity (Wildman–Crippen MR) is 165 cm³/mol. The van der Waals surface area contributed by atoms with Crippen molar-refractivity contribution in [3.05, 3.63) is 107 Å². The van der Waals surface area contributed by atoms with E-state index < -0.39 is 51.0 Å². The van der Waals surface area contributed by atoms with Crippen molar-refractivity contribution >= 4 is 50.6 Å². The number of carbonyl (C=O) groups excluding carboxylic acids is 2. The number of hydroxylamine groups is 1. The van der Waals surface area contributed by atoms with Gasteiger partial charge in [0.1, 0.15) is 11.6 Å². The molecule has 0 bridgehead atoms. The third kappa shape index (κ3) is 8.33. The Balaban J connectivity index is 1.46. The maximum absolute atomic E-state index is 14.4. The minimum absolute atomic E-state index is 0.0764. The molecule has 1 amide bonds. The van der Waals surface area contributed by atoms with Gasteiger partial charge in [0.05, 0.1) is 38.8 Å². The smallest absolute Gasteiger partial charge is 0.324 e. The van der Waals surface area contributed by atoms with E-state index >= 15 is 0 Å². The van der Waals surface area contributed by atoms with E-state index in [0.717, 1.165) is 17.4 Å². The van der Waals surface area contributed by atoms with Gasteiger partial charge < -0.3 is 10.2 Å². The van der Waals surface area contributed by atoms with Gasteiger partial charge in [0.2, 0.25) is 16.0 Å². The number of nitrogens with one attached hydrogen (secondary N) is 1. The second kappa shape index (κ2) is 13.8. The zero-order valence-corrected chi connectivity index (χ0v) is 25.7. The van der Waals surface area contributed by atoms with E-state index in [1.54, 1.807) is 30.3 Å². The molecule has 0 fully saturated rings. The van der Waals surface area contributed by atoms with E-state index in [9.17, 15) is 40.0 Å². The molecule has 3 aromatic carbocycles. The number of amides is 1. The van der Waals surface area contributed by atoms with Crippen molar-refractivity contribution in [2.45, 2.75) is 12.6 Å². The number of carbonyl (C=O) groups is 2. The van der Waals surface area contributed by atoms with Crippen molar-refractivity contribution in [1.82, 2.24) is 15.0 Å². The Morgan fingerprint density at radius 3 is 2.50 bits per heavy atom. The van der Waals surface area contributed by atoms with Gasteiger partial charge in [-0.25, -0.2) is 42.1 Å². The van der Waals surface area contributed by atoms with Crippen LogP contribution in [0.5, 0.6) is 0 Å². The minimum atomic E-state index is -5.52. The summed E-state index contributed by atoms with van der Waals surface area (Å²) in [6.45, 7) is 0. The fourth-order valence-corrected chi connectivity index (χ4v) is 5.57. The molecule has 11 nitrogen and oxygen atoms in total. The van der Waals surface area contributed by atoms with Crippen LogP contribution < -0.4 is 15.5 Å². The Morgan fingerprint density at radius 2 is 1.75 bits per heavy atom. The molecule has 0 saturated carbocycles. The van der Waals surface area contributed by atoms with Crippen LogP contribution in [-0.2, 0) is 26.1 Å². The zero-order chi connectivity index (χ0) is 34.6. The molecule has 5 aromatic rings. The summed E-state index contributed by atoms with van der Waals surface area (Å²) in [6.07, 6.45) is -3.88. The summed E-state index contributed by atoms with van der Waals surface area (Å²) in [5.41, 5.74) is 2.19. The third-order valence-electron chi connectivity index (χ3n) is 6.42. The maximum atomic E-state index is 14.4. The lowest BCUT2D eigenvalue weighted by atomic mass is 10.1. The number of hydrogen-bond donors (Lipinski definition) is 2. The minimum Gasteiger partial charge on any atom is -0.324 e. The molecule has 0 unspecified atom stereocenters. The number of rotatable bonds is 9. The fourth-order valence-electron chi connectivity index (χ4n) is 4.27. The first-order chi connectivity index (χ1) is 22.7. The third-order valence-corrected chi connectivity index (χ3v) is 8.04. The van der Waals surface area contributed by atoms with E-state index in [2.05, 4.69) is 25.1 Å². The molecule has 0 atom stereocenters. The van der Waals surface area contributed by atoms with E-state index in [-0.39, 0.29) is 34.4 Å². The Hall–Kier alpha value is -5.33. The summed E-state index contributed by atoms with van der Waals surface area (Å²) >= 11 is 1.15. The molecule has 48 heavy (non-hydrogen) atoms. The molecule has 2 heterocycles. The fraction of sp³-hybridized carbons (Fsp3) is 0.100. The van der Waals surface area contributed by atoms with Gasteiger partial charge in [-0.15, -0.1) is 16.4 Å². The number of aryl methyl sites for hydroxylation is 1. The van der Waals surface area contributed by atoms with Crippen LogP contribution in [-0.4, -0.2) is 47.2 Å². The molecule has 0 saturated heterocycles. The normalized spacial score (nSPS) is 11.6. The van der Waals surface area contributed by atoms with Crippen LogP contribution in [0, 0.1) is 11.6 Å². The van der Waals surface area contributed by atoms with Crippen molar-refractivity contribution in [3.63, 3.8) is 0 Å². The number of primary sulfonamides is 1. The Morgan fingerprint density at radius 1 is 0.979 bits per heavy atom. The number of hydrogen-bond acceptors (Lipinski definition) is 10. The number of aromatic nitrogens is 3. The van der Waals surface area contributed by atoms with Crippen LogP contribution in [0.2, 0.25) is 0 Å². The van der Waals surface area contributed by atoms with Gasteiger partial charge >= 0.3 is 12.1 Å². The first kappa shape index (κ1) is 34.0. The van der Waals surface area contributed by atoms with Crippen LogP contribution >= 0.6 is 11.3 Å².